The highest BCUT2D eigenvalue weighted by atomic mass is 32.2. The van der Waals surface area contributed by atoms with Gasteiger partial charge >= 0.3 is 0 Å². The van der Waals surface area contributed by atoms with Crippen LogP contribution in [0.5, 0.6) is 0 Å². The van der Waals surface area contributed by atoms with E-state index in [-0.39, 0.29) is 31.3 Å². The van der Waals surface area contributed by atoms with Crippen molar-refractivity contribution >= 4 is 21.4 Å². The first kappa shape index (κ1) is 15.7. The number of piperidine rings is 1. The van der Waals surface area contributed by atoms with Crippen LogP contribution in [0.4, 0.5) is 11.4 Å². The molecule has 0 spiro atoms. The van der Waals surface area contributed by atoms with E-state index in [0.717, 1.165) is 18.6 Å². The average Bonchev–Trinajstić information content (AvgIpc) is 2.46. The molecule has 1 aromatic carbocycles. The van der Waals surface area contributed by atoms with E-state index in [1.165, 1.54) is 10.4 Å². The van der Waals surface area contributed by atoms with Crippen LogP contribution >= 0.6 is 0 Å². The van der Waals surface area contributed by atoms with Crippen LogP contribution in [0.1, 0.15) is 12.8 Å². The molecule has 0 aromatic heterocycles. The summed E-state index contributed by atoms with van der Waals surface area (Å²) < 4.78 is 26.4. The first-order valence-electron chi connectivity index (χ1n) is 6.51. The van der Waals surface area contributed by atoms with E-state index in [2.05, 4.69) is 0 Å². The fraction of sp³-hybridized carbons (Fsp3) is 0.500. The molecule has 21 heavy (non-hydrogen) atoms. The molecule has 2 rings (SSSR count). The second kappa shape index (κ2) is 5.96. The van der Waals surface area contributed by atoms with Gasteiger partial charge in [-0.2, -0.15) is 4.31 Å². The maximum absolute atomic E-state index is 12.6. The number of hydrogen-bond donors (Lipinski definition) is 2. The lowest BCUT2D eigenvalue weighted by atomic mass is 10.0. The highest BCUT2D eigenvalue weighted by molar-refractivity contribution is 7.89. The van der Waals surface area contributed by atoms with Crippen LogP contribution in [-0.2, 0) is 10.0 Å². The number of nitrogens with zero attached hydrogens (tertiary/aromatic N) is 2. The maximum Gasteiger partial charge on any atom is 0.289 e. The molecule has 1 fully saturated rings. The molecule has 0 radical (unpaired) electrons. The largest absolute Gasteiger partial charge is 0.399 e. The maximum atomic E-state index is 12.6. The van der Waals surface area contributed by atoms with E-state index in [0.29, 0.717) is 6.42 Å². The van der Waals surface area contributed by atoms with E-state index < -0.39 is 25.5 Å². The minimum absolute atomic E-state index is 0.106. The number of aliphatic hydroxyl groups excluding tert-OH is 1. The van der Waals surface area contributed by atoms with Gasteiger partial charge in [0.1, 0.15) is 0 Å². The second-order valence-electron chi connectivity index (χ2n) is 5.04. The van der Waals surface area contributed by atoms with E-state index in [1.807, 2.05) is 0 Å². The Morgan fingerprint density at radius 3 is 2.81 bits per heavy atom. The van der Waals surface area contributed by atoms with Crippen molar-refractivity contribution in [2.24, 2.45) is 5.92 Å². The van der Waals surface area contributed by atoms with Crippen LogP contribution in [0.15, 0.2) is 23.1 Å². The molecule has 3 N–H and O–H groups in total. The molecule has 0 bridgehead atoms. The molecule has 0 saturated carbocycles. The summed E-state index contributed by atoms with van der Waals surface area (Å²) in [6.07, 6.45) is 1.35. The highest BCUT2D eigenvalue weighted by Crippen LogP contribution is 2.31. The number of anilines is 1. The Bertz CT molecular complexity index is 646. The van der Waals surface area contributed by atoms with Crippen molar-refractivity contribution in [1.82, 2.24) is 4.31 Å². The van der Waals surface area contributed by atoms with Gasteiger partial charge in [0, 0.05) is 31.5 Å². The lowest BCUT2D eigenvalue weighted by molar-refractivity contribution is -0.387. The minimum Gasteiger partial charge on any atom is -0.399 e. The van der Waals surface area contributed by atoms with Gasteiger partial charge in [-0.25, -0.2) is 8.42 Å². The quantitative estimate of drug-likeness (QED) is 0.475. The number of nitrogen functional groups attached to an aromatic ring is 1. The Balaban J connectivity index is 2.44. The highest BCUT2D eigenvalue weighted by Gasteiger charge is 2.34. The van der Waals surface area contributed by atoms with Gasteiger partial charge < -0.3 is 10.8 Å². The molecular formula is C12H17N3O5S. The van der Waals surface area contributed by atoms with Crippen molar-refractivity contribution in [3.63, 3.8) is 0 Å². The summed E-state index contributed by atoms with van der Waals surface area (Å²) in [5, 5.41) is 20.2. The number of nitrogens with two attached hydrogens (primary N) is 1. The molecule has 1 aliphatic heterocycles. The molecule has 1 atom stereocenters. The van der Waals surface area contributed by atoms with Crippen molar-refractivity contribution in [2.45, 2.75) is 17.7 Å². The number of nitro groups is 1. The van der Waals surface area contributed by atoms with Gasteiger partial charge in [0.2, 0.25) is 10.0 Å². The molecule has 0 aliphatic carbocycles. The fourth-order valence-corrected chi connectivity index (χ4v) is 4.17. The molecule has 1 aliphatic rings. The summed E-state index contributed by atoms with van der Waals surface area (Å²) in [6.45, 7) is 0.334. The molecule has 0 amide bonds. The summed E-state index contributed by atoms with van der Waals surface area (Å²) in [5.74, 6) is -0.145. The predicted octanol–water partition coefficient (Wildman–Crippen LogP) is 0.570. The number of rotatable bonds is 4. The summed E-state index contributed by atoms with van der Waals surface area (Å²) in [5.41, 5.74) is 5.22. The van der Waals surface area contributed by atoms with Gasteiger partial charge in [0.05, 0.1) is 4.92 Å². The third-order valence-electron chi connectivity index (χ3n) is 3.54. The van der Waals surface area contributed by atoms with E-state index in [4.69, 9.17) is 5.73 Å². The van der Waals surface area contributed by atoms with E-state index in [1.54, 1.807) is 0 Å². The van der Waals surface area contributed by atoms with E-state index in [9.17, 15) is 23.6 Å². The van der Waals surface area contributed by atoms with Gasteiger partial charge in [-0.15, -0.1) is 0 Å². The molecule has 116 valence electrons. The Hall–Kier alpha value is -1.71. The Labute approximate surface area is 122 Å². The fourth-order valence-electron chi connectivity index (χ4n) is 2.42. The van der Waals surface area contributed by atoms with Gasteiger partial charge in [0.25, 0.3) is 5.69 Å². The van der Waals surface area contributed by atoms with Crippen molar-refractivity contribution in [3.8, 4) is 0 Å². The second-order valence-corrected chi connectivity index (χ2v) is 6.94. The van der Waals surface area contributed by atoms with Gasteiger partial charge in [0.15, 0.2) is 4.90 Å². The van der Waals surface area contributed by atoms with Crippen molar-refractivity contribution < 1.29 is 18.4 Å². The summed E-state index contributed by atoms with van der Waals surface area (Å²) >= 11 is 0. The molecule has 1 unspecified atom stereocenters. The molecule has 8 nitrogen and oxygen atoms in total. The van der Waals surface area contributed by atoms with E-state index >= 15 is 0 Å². The third kappa shape index (κ3) is 3.14. The first-order chi connectivity index (χ1) is 9.86. The zero-order valence-electron chi connectivity index (χ0n) is 11.3. The minimum atomic E-state index is -4.00. The summed E-state index contributed by atoms with van der Waals surface area (Å²) in [6, 6.07) is 3.50. The lowest BCUT2D eigenvalue weighted by Gasteiger charge is -2.30. The summed E-state index contributed by atoms with van der Waals surface area (Å²) in [7, 11) is -4.00. The van der Waals surface area contributed by atoms with Crippen molar-refractivity contribution in [3.05, 3.63) is 28.3 Å². The predicted molar refractivity (Wildman–Crippen MR) is 76.1 cm³/mol. The number of sulfonamides is 1. The van der Waals surface area contributed by atoms with Crippen molar-refractivity contribution in [1.29, 1.82) is 0 Å². The average molecular weight is 315 g/mol. The van der Waals surface area contributed by atoms with Gasteiger partial charge in [-0.05, 0) is 30.9 Å². The van der Waals surface area contributed by atoms with Gasteiger partial charge in [-0.1, -0.05) is 0 Å². The standard InChI is InChI=1S/C12H17N3O5S/c13-10-3-4-11(15(17)18)12(6-10)21(19,20)14-5-1-2-9(7-14)8-16/h3-4,6,9,16H,1-2,5,7-8,13H2. The van der Waals surface area contributed by atoms with Crippen molar-refractivity contribution in [2.75, 3.05) is 25.4 Å². The molecule has 1 heterocycles. The Morgan fingerprint density at radius 2 is 2.19 bits per heavy atom. The number of benzene rings is 1. The topological polar surface area (TPSA) is 127 Å². The monoisotopic (exact) mass is 315 g/mol. The Morgan fingerprint density at radius 1 is 1.48 bits per heavy atom. The first-order valence-corrected chi connectivity index (χ1v) is 7.95. The lowest BCUT2D eigenvalue weighted by Crippen LogP contribution is -2.41. The zero-order chi connectivity index (χ0) is 15.6. The molecular weight excluding hydrogens is 298 g/mol. The van der Waals surface area contributed by atoms with Crippen LogP contribution in [0, 0.1) is 16.0 Å². The molecule has 1 aromatic rings. The number of nitro benzene ring substituents is 1. The van der Waals surface area contributed by atoms with Gasteiger partial charge in [-0.3, -0.25) is 10.1 Å². The summed E-state index contributed by atoms with van der Waals surface area (Å²) in [4.78, 5) is 9.89. The molecule has 1 saturated heterocycles. The van der Waals surface area contributed by atoms with Crippen LogP contribution in [0.25, 0.3) is 0 Å². The van der Waals surface area contributed by atoms with Crippen LogP contribution in [-0.4, -0.2) is 42.4 Å². The number of hydrogen-bond acceptors (Lipinski definition) is 6. The number of aliphatic hydroxyl groups is 1. The SMILES string of the molecule is Nc1ccc([N+](=O)[O-])c(S(=O)(=O)N2CCCC(CO)C2)c1. The van der Waals surface area contributed by atoms with Crippen LogP contribution < -0.4 is 5.73 Å². The Kier molecular flexibility index (Phi) is 4.45. The van der Waals surface area contributed by atoms with Crippen LogP contribution in [0.2, 0.25) is 0 Å². The molecule has 9 heteroatoms. The zero-order valence-corrected chi connectivity index (χ0v) is 12.1. The third-order valence-corrected chi connectivity index (χ3v) is 5.43. The smallest absolute Gasteiger partial charge is 0.289 e. The van der Waals surface area contributed by atoms with Crippen LogP contribution in [0.3, 0.4) is 0 Å². The normalized spacial score (nSPS) is 20.3.